The molecule has 2 aliphatic heterocycles. The highest BCUT2D eigenvalue weighted by Crippen LogP contribution is 2.42. The Bertz CT molecular complexity index is 619. The summed E-state index contributed by atoms with van der Waals surface area (Å²) in [5.74, 6) is 1.34. The summed E-state index contributed by atoms with van der Waals surface area (Å²) in [6, 6.07) is 12.6. The molecule has 2 unspecified atom stereocenters. The van der Waals surface area contributed by atoms with E-state index in [-0.39, 0.29) is 5.60 Å². The molecule has 1 aromatic carbocycles. The number of anilines is 1. The predicted molar refractivity (Wildman–Crippen MR) is 86.0 cm³/mol. The second-order valence-corrected chi connectivity index (χ2v) is 6.38. The zero-order valence-electron chi connectivity index (χ0n) is 12.7. The summed E-state index contributed by atoms with van der Waals surface area (Å²) in [6.07, 6.45) is 7.00. The molecule has 0 N–H and O–H groups in total. The minimum absolute atomic E-state index is 0.0298. The molecule has 0 aliphatic carbocycles. The Kier molecular flexibility index (Phi) is 3.54. The zero-order valence-corrected chi connectivity index (χ0v) is 12.7. The van der Waals surface area contributed by atoms with Crippen LogP contribution < -0.4 is 4.90 Å². The molecule has 4 heteroatoms. The van der Waals surface area contributed by atoms with Gasteiger partial charge in [0.2, 0.25) is 5.95 Å². The standard InChI is InChI=1S/C18H21N3O/c1-2-6-15(7-3-1)16-12-18(22-13-16)8-4-11-21(14-18)17-19-9-5-10-20-17/h1-3,5-7,9-10,16H,4,8,11-14H2. The van der Waals surface area contributed by atoms with E-state index in [1.165, 1.54) is 5.56 Å². The van der Waals surface area contributed by atoms with Crippen LogP contribution in [0.15, 0.2) is 48.8 Å². The summed E-state index contributed by atoms with van der Waals surface area (Å²) >= 11 is 0. The van der Waals surface area contributed by atoms with Gasteiger partial charge in [0.1, 0.15) is 0 Å². The molecule has 4 rings (SSSR count). The van der Waals surface area contributed by atoms with Gasteiger partial charge < -0.3 is 9.64 Å². The van der Waals surface area contributed by atoms with Crippen molar-refractivity contribution in [3.63, 3.8) is 0 Å². The lowest BCUT2D eigenvalue weighted by atomic mass is 9.84. The largest absolute Gasteiger partial charge is 0.372 e. The van der Waals surface area contributed by atoms with E-state index in [0.717, 1.165) is 44.9 Å². The molecule has 0 saturated carbocycles. The average molecular weight is 295 g/mol. The van der Waals surface area contributed by atoms with E-state index in [0.29, 0.717) is 5.92 Å². The first kappa shape index (κ1) is 13.7. The number of piperidine rings is 1. The van der Waals surface area contributed by atoms with Crippen LogP contribution in [0.25, 0.3) is 0 Å². The number of rotatable bonds is 2. The van der Waals surface area contributed by atoms with Crippen molar-refractivity contribution in [1.29, 1.82) is 0 Å². The minimum Gasteiger partial charge on any atom is -0.372 e. The van der Waals surface area contributed by atoms with E-state index >= 15 is 0 Å². The molecule has 0 bridgehead atoms. The van der Waals surface area contributed by atoms with Crippen molar-refractivity contribution in [3.05, 3.63) is 54.4 Å². The summed E-state index contributed by atoms with van der Waals surface area (Å²) in [4.78, 5) is 11.1. The van der Waals surface area contributed by atoms with Crippen LogP contribution in [-0.2, 0) is 4.74 Å². The molecule has 2 aromatic rings. The molecule has 2 saturated heterocycles. The van der Waals surface area contributed by atoms with Gasteiger partial charge in [0.25, 0.3) is 0 Å². The van der Waals surface area contributed by atoms with Crippen molar-refractivity contribution in [2.75, 3.05) is 24.6 Å². The molecular formula is C18H21N3O. The molecule has 3 heterocycles. The Morgan fingerprint density at radius 2 is 1.91 bits per heavy atom. The maximum absolute atomic E-state index is 6.30. The number of hydrogen-bond acceptors (Lipinski definition) is 4. The highest BCUT2D eigenvalue weighted by molar-refractivity contribution is 5.32. The highest BCUT2D eigenvalue weighted by atomic mass is 16.5. The molecule has 0 amide bonds. The van der Waals surface area contributed by atoms with E-state index in [1.807, 2.05) is 18.5 Å². The number of ether oxygens (including phenoxy) is 1. The van der Waals surface area contributed by atoms with E-state index in [2.05, 4.69) is 45.2 Å². The molecule has 2 aliphatic rings. The van der Waals surface area contributed by atoms with Crippen molar-refractivity contribution in [2.45, 2.75) is 30.8 Å². The van der Waals surface area contributed by atoms with Crippen molar-refractivity contribution >= 4 is 5.95 Å². The predicted octanol–water partition coefficient (Wildman–Crippen LogP) is 3.02. The van der Waals surface area contributed by atoms with Gasteiger partial charge in [0.05, 0.1) is 12.2 Å². The normalized spacial score (nSPS) is 28.2. The third kappa shape index (κ3) is 2.59. The van der Waals surface area contributed by atoms with E-state index in [9.17, 15) is 0 Å². The smallest absolute Gasteiger partial charge is 0.225 e. The van der Waals surface area contributed by atoms with E-state index in [1.54, 1.807) is 0 Å². The molecule has 22 heavy (non-hydrogen) atoms. The van der Waals surface area contributed by atoms with Gasteiger partial charge in [-0.2, -0.15) is 0 Å². The maximum atomic E-state index is 6.30. The molecule has 1 spiro atoms. The number of hydrogen-bond donors (Lipinski definition) is 0. The molecule has 114 valence electrons. The van der Waals surface area contributed by atoms with Crippen molar-refractivity contribution in [1.82, 2.24) is 9.97 Å². The zero-order chi connectivity index (χ0) is 14.8. The Morgan fingerprint density at radius 1 is 1.09 bits per heavy atom. The summed E-state index contributed by atoms with van der Waals surface area (Å²) in [6.45, 7) is 2.75. The van der Waals surface area contributed by atoms with Gasteiger partial charge in [-0.25, -0.2) is 9.97 Å². The fraction of sp³-hybridized carbons (Fsp3) is 0.444. The molecule has 0 radical (unpaired) electrons. The summed E-state index contributed by atoms with van der Waals surface area (Å²) in [5, 5.41) is 0. The van der Waals surface area contributed by atoms with Crippen LogP contribution in [0.3, 0.4) is 0 Å². The van der Waals surface area contributed by atoms with Crippen LogP contribution in [-0.4, -0.2) is 35.3 Å². The lowest BCUT2D eigenvalue weighted by Gasteiger charge is -2.39. The quantitative estimate of drug-likeness (QED) is 0.853. The van der Waals surface area contributed by atoms with Gasteiger partial charge in [-0.1, -0.05) is 30.3 Å². The first-order valence-electron chi connectivity index (χ1n) is 8.06. The molecule has 4 nitrogen and oxygen atoms in total. The van der Waals surface area contributed by atoms with Gasteiger partial charge in [-0.15, -0.1) is 0 Å². The second kappa shape index (κ2) is 5.69. The summed E-state index contributed by atoms with van der Waals surface area (Å²) in [7, 11) is 0. The van der Waals surface area contributed by atoms with Crippen molar-refractivity contribution < 1.29 is 4.74 Å². The lowest BCUT2D eigenvalue weighted by Crippen LogP contribution is -2.48. The minimum atomic E-state index is -0.0298. The van der Waals surface area contributed by atoms with E-state index < -0.39 is 0 Å². The lowest BCUT2D eigenvalue weighted by molar-refractivity contribution is -0.00680. The van der Waals surface area contributed by atoms with Crippen LogP contribution in [0.4, 0.5) is 5.95 Å². The van der Waals surface area contributed by atoms with Crippen molar-refractivity contribution in [2.24, 2.45) is 0 Å². The third-order valence-electron chi connectivity index (χ3n) is 4.85. The van der Waals surface area contributed by atoms with Crippen LogP contribution in [0, 0.1) is 0 Å². The van der Waals surface area contributed by atoms with Crippen LogP contribution >= 0.6 is 0 Å². The Morgan fingerprint density at radius 3 is 2.73 bits per heavy atom. The Labute approximate surface area is 131 Å². The van der Waals surface area contributed by atoms with Gasteiger partial charge >= 0.3 is 0 Å². The highest BCUT2D eigenvalue weighted by Gasteiger charge is 2.44. The molecule has 2 atom stereocenters. The monoisotopic (exact) mass is 295 g/mol. The van der Waals surface area contributed by atoms with Crippen molar-refractivity contribution in [3.8, 4) is 0 Å². The molecular weight excluding hydrogens is 274 g/mol. The second-order valence-electron chi connectivity index (χ2n) is 6.38. The van der Waals surface area contributed by atoms with E-state index in [4.69, 9.17) is 4.74 Å². The van der Waals surface area contributed by atoms with Crippen LogP contribution in [0.2, 0.25) is 0 Å². The molecule has 2 fully saturated rings. The maximum Gasteiger partial charge on any atom is 0.225 e. The fourth-order valence-electron chi connectivity index (χ4n) is 3.79. The summed E-state index contributed by atoms with van der Waals surface area (Å²) < 4.78 is 6.30. The third-order valence-corrected chi connectivity index (χ3v) is 4.85. The SMILES string of the molecule is c1ccc(C2COC3(CCCN(c4ncccn4)C3)C2)cc1. The summed E-state index contributed by atoms with van der Waals surface area (Å²) in [5.41, 5.74) is 1.37. The molecule has 1 aromatic heterocycles. The topological polar surface area (TPSA) is 38.2 Å². The first-order valence-corrected chi connectivity index (χ1v) is 8.06. The van der Waals surface area contributed by atoms with Gasteiger partial charge in [-0.3, -0.25) is 0 Å². The number of benzene rings is 1. The fourth-order valence-corrected chi connectivity index (χ4v) is 3.79. The number of nitrogens with zero attached hydrogens (tertiary/aromatic N) is 3. The Balaban J connectivity index is 1.50. The van der Waals surface area contributed by atoms with Crippen LogP contribution in [0.5, 0.6) is 0 Å². The number of aromatic nitrogens is 2. The Hall–Kier alpha value is -1.94. The van der Waals surface area contributed by atoms with Gasteiger partial charge in [-0.05, 0) is 30.9 Å². The first-order chi connectivity index (χ1) is 10.8. The van der Waals surface area contributed by atoms with Crippen LogP contribution in [0.1, 0.15) is 30.7 Å². The average Bonchev–Trinajstić information content (AvgIpc) is 3.00. The van der Waals surface area contributed by atoms with Gasteiger partial charge in [0, 0.05) is 31.4 Å². The van der Waals surface area contributed by atoms with Gasteiger partial charge in [0.15, 0.2) is 0 Å².